The Hall–Kier alpha value is -4.48. The van der Waals surface area contributed by atoms with Crippen LogP contribution in [0.1, 0.15) is 10.4 Å². The van der Waals surface area contributed by atoms with Crippen LogP contribution in [0, 0.1) is 11.6 Å². The number of amides is 1. The summed E-state index contributed by atoms with van der Waals surface area (Å²) in [5, 5.41) is 4.39. The highest BCUT2D eigenvalue weighted by Gasteiger charge is 2.26. The number of piperazine rings is 1. The number of nitrogens with two attached hydrogens (primary N) is 1. The quantitative estimate of drug-likeness (QED) is 0.231. The summed E-state index contributed by atoms with van der Waals surface area (Å²) >= 11 is -1.11. The predicted molar refractivity (Wildman–Crippen MR) is 165 cm³/mol. The van der Waals surface area contributed by atoms with E-state index in [2.05, 4.69) is 20.0 Å². The number of hydrogen-bond acceptors (Lipinski definition) is 10. The first kappa shape index (κ1) is 30.5. The van der Waals surface area contributed by atoms with E-state index >= 15 is 0 Å². The molecule has 238 valence electrons. The Kier molecular flexibility index (Phi) is 8.23. The van der Waals surface area contributed by atoms with Gasteiger partial charge in [-0.25, -0.2) is 18.6 Å². The van der Waals surface area contributed by atoms with Crippen LogP contribution < -0.4 is 16.3 Å². The third-order valence-corrected chi connectivity index (χ3v) is 8.76. The van der Waals surface area contributed by atoms with Crippen LogP contribution in [0.25, 0.3) is 28.4 Å². The fraction of sp³-hybridized carbons (Fsp3) is 0.393. The molecule has 4 aromatic heterocycles. The van der Waals surface area contributed by atoms with E-state index in [-0.39, 0.29) is 35.2 Å². The summed E-state index contributed by atoms with van der Waals surface area (Å²) in [6, 6.07) is 5.42. The number of halogens is 2. The molecule has 0 unspecified atom stereocenters. The first-order valence-electron chi connectivity index (χ1n) is 14.2. The summed E-state index contributed by atoms with van der Waals surface area (Å²) in [5.41, 5.74) is 7.07. The molecule has 1 aliphatic heterocycles. The minimum Gasteiger partial charge on any atom is -0.617 e. The minimum atomic E-state index is -1.11. The molecule has 17 heteroatoms. The van der Waals surface area contributed by atoms with Gasteiger partial charge in [0.2, 0.25) is 11.8 Å². The van der Waals surface area contributed by atoms with Crippen molar-refractivity contribution in [3.05, 3.63) is 58.2 Å². The van der Waals surface area contributed by atoms with Crippen LogP contribution >= 0.6 is 0 Å². The number of anilines is 2. The maximum absolute atomic E-state index is 14.9. The Balaban J connectivity index is 1.16. The van der Waals surface area contributed by atoms with E-state index in [4.69, 9.17) is 10.2 Å². The number of rotatable bonds is 9. The fourth-order valence-corrected chi connectivity index (χ4v) is 6.00. The van der Waals surface area contributed by atoms with Gasteiger partial charge in [-0.2, -0.15) is 9.50 Å². The lowest BCUT2D eigenvalue weighted by atomic mass is 10.1. The minimum absolute atomic E-state index is 0.0708. The second-order valence-corrected chi connectivity index (χ2v) is 12.5. The van der Waals surface area contributed by atoms with Crippen LogP contribution in [0.15, 0.2) is 39.7 Å². The lowest BCUT2D eigenvalue weighted by Gasteiger charge is -2.36. The molecule has 6 rings (SSSR count). The average Bonchev–Trinajstić information content (AvgIpc) is 3.75. The van der Waals surface area contributed by atoms with Crippen molar-refractivity contribution in [3.8, 4) is 11.6 Å². The highest BCUT2D eigenvalue weighted by atomic mass is 32.2. The Morgan fingerprint density at radius 3 is 2.58 bits per heavy atom. The standard InChI is InChI=1S/C28H32F2N10O4S/c1-35(12-14-45(3)43)26(41)17-15-20(19(30)16-18(17)29)38-9-6-37(7-10-38)8-11-39-24-22(36(2)28(39)42)25-32-23(21-5-4-13-44-21)34-40(25)27(31)33-24/h4-5,13,15-16H,6-12,14H2,1-3H3,(H2,31,33)/t45-/m1/s1. The molecule has 0 saturated carbocycles. The van der Waals surface area contributed by atoms with E-state index < -0.39 is 28.7 Å². The molecule has 45 heavy (non-hydrogen) atoms. The highest BCUT2D eigenvalue weighted by Crippen LogP contribution is 2.26. The molecule has 5 aromatic rings. The number of furan rings is 1. The third-order valence-electron chi connectivity index (χ3n) is 8.00. The van der Waals surface area contributed by atoms with E-state index in [1.807, 2.05) is 0 Å². The van der Waals surface area contributed by atoms with Gasteiger partial charge in [0.05, 0.1) is 30.3 Å². The molecule has 14 nitrogen and oxygen atoms in total. The SMILES string of the molecule is CN(CC[S@@+](C)[O-])C(=O)c1cc(N2CCN(CCn3c(=O)n(C)c4c3nc(N)n3nc(-c5ccco5)nc43)CC2)c(F)cc1F. The van der Waals surface area contributed by atoms with Crippen LogP contribution in [0.2, 0.25) is 0 Å². The largest absolute Gasteiger partial charge is 0.617 e. The first-order valence-corrected chi connectivity index (χ1v) is 15.9. The summed E-state index contributed by atoms with van der Waals surface area (Å²) in [6.07, 6.45) is 3.04. The van der Waals surface area contributed by atoms with Gasteiger partial charge < -0.3 is 24.5 Å². The molecule has 1 atom stereocenters. The van der Waals surface area contributed by atoms with E-state index in [9.17, 15) is 22.9 Å². The molecule has 0 radical (unpaired) electrons. The third kappa shape index (κ3) is 5.73. The monoisotopic (exact) mass is 642 g/mol. The van der Waals surface area contributed by atoms with Crippen molar-refractivity contribution in [3.63, 3.8) is 0 Å². The topological polar surface area (TPSA) is 159 Å². The van der Waals surface area contributed by atoms with Crippen molar-refractivity contribution in [2.45, 2.75) is 6.54 Å². The van der Waals surface area contributed by atoms with Crippen molar-refractivity contribution < 1.29 is 22.5 Å². The average molecular weight is 643 g/mol. The zero-order valence-corrected chi connectivity index (χ0v) is 25.8. The number of fused-ring (bicyclic) bond motifs is 3. The maximum atomic E-state index is 14.9. The molecule has 1 saturated heterocycles. The summed E-state index contributed by atoms with van der Waals surface area (Å²) in [7, 11) is 3.13. The van der Waals surface area contributed by atoms with Gasteiger partial charge in [-0.15, -0.1) is 5.10 Å². The number of nitrogens with zero attached hydrogens (tertiary/aromatic N) is 9. The number of carbonyl (C=O) groups is 1. The second-order valence-electron chi connectivity index (χ2n) is 10.9. The van der Waals surface area contributed by atoms with Crippen molar-refractivity contribution >= 4 is 45.5 Å². The second kappa shape index (κ2) is 12.1. The fourth-order valence-electron chi connectivity index (χ4n) is 5.47. The van der Waals surface area contributed by atoms with Crippen molar-refractivity contribution in [1.29, 1.82) is 0 Å². The van der Waals surface area contributed by atoms with Crippen LogP contribution in [0.3, 0.4) is 0 Å². The summed E-state index contributed by atoms with van der Waals surface area (Å²) in [4.78, 5) is 40.3. The maximum Gasteiger partial charge on any atom is 0.330 e. The highest BCUT2D eigenvalue weighted by molar-refractivity contribution is 7.90. The Labute approximate surface area is 258 Å². The molecular weight excluding hydrogens is 610 g/mol. The van der Waals surface area contributed by atoms with Gasteiger partial charge in [0.25, 0.3) is 5.91 Å². The molecule has 2 N–H and O–H groups in total. The van der Waals surface area contributed by atoms with Gasteiger partial charge in [0.1, 0.15) is 22.9 Å². The molecule has 1 aromatic carbocycles. The number of hydrogen-bond donors (Lipinski definition) is 1. The lowest BCUT2D eigenvalue weighted by molar-refractivity contribution is 0.0798. The number of benzene rings is 1. The Bertz CT molecular complexity index is 1930. The van der Waals surface area contributed by atoms with Crippen LogP contribution in [-0.2, 0) is 24.8 Å². The van der Waals surface area contributed by atoms with Crippen molar-refractivity contribution in [1.82, 2.24) is 38.5 Å². The van der Waals surface area contributed by atoms with Crippen LogP contribution in [-0.4, -0.2) is 107 Å². The molecule has 0 spiro atoms. The van der Waals surface area contributed by atoms with Gasteiger partial charge in [-0.3, -0.25) is 18.8 Å². The molecule has 0 bridgehead atoms. The number of aryl methyl sites for hydroxylation is 1. The molecule has 1 amide bonds. The summed E-state index contributed by atoms with van der Waals surface area (Å²) in [6.45, 7) is 2.93. The molecule has 5 heterocycles. The Morgan fingerprint density at radius 2 is 1.89 bits per heavy atom. The molecule has 0 aliphatic carbocycles. The summed E-state index contributed by atoms with van der Waals surface area (Å²) in [5.74, 6) is -1.21. The summed E-state index contributed by atoms with van der Waals surface area (Å²) < 4.78 is 50.7. The lowest BCUT2D eigenvalue weighted by Crippen LogP contribution is -2.48. The van der Waals surface area contributed by atoms with Gasteiger partial charge >= 0.3 is 5.69 Å². The van der Waals surface area contributed by atoms with E-state index in [0.717, 1.165) is 6.07 Å². The van der Waals surface area contributed by atoms with E-state index in [0.29, 0.717) is 67.7 Å². The van der Waals surface area contributed by atoms with Gasteiger partial charge in [0, 0.05) is 59.4 Å². The normalized spacial score (nSPS) is 14.9. The Morgan fingerprint density at radius 1 is 1.13 bits per heavy atom. The van der Waals surface area contributed by atoms with Crippen LogP contribution in [0.5, 0.6) is 0 Å². The molecule has 1 fully saturated rings. The van der Waals surface area contributed by atoms with Gasteiger partial charge in [-0.05, 0) is 18.2 Å². The number of nitrogen functional groups attached to an aromatic ring is 1. The van der Waals surface area contributed by atoms with Gasteiger partial charge in [-0.1, -0.05) is 11.2 Å². The molecule has 1 aliphatic rings. The van der Waals surface area contributed by atoms with E-state index in [1.54, 1.807) is 28.6 Å². The first-order chi connectivity index (χ1) is 21.5. The number of imidazole rings is 1. The van der Waals surface area contributed by atoms with Crippen molar-refractivity contribution in [2.75, 3.05) is 69.0 Å². The van der Waals surface area contributed by atoms with Crippen LogP contribution in [0.4, 0.5) is 20.4 Å². The number of carbonyl (C=O) groups excluding carboxylic acids is 1. The predicted octanol–water partition coefficient (Wildman–Crippen LogP) is 1.17. The molecular formula is C28H32F2N10O4S. The number of aromatic nitrogens is 6. The smallest absolute Gasteiger partial charge is 0.330 e. The zero-order chi connectivity index (χ0) is 32.0. The zero-order valence-electron chi connectivity index (χ0n) is 24.9. The van der Waals surface area contributed by atoms with E-state index in [1.165, 1.54) is 39.6 Å². The van der Waals surface area contributed by atoms with Gasteiger partial charge in [0.15, 0.2) is 17.1 Å². The van der Waals surface area contributed by atoms with Crippen molar-refractivity contribution in [2.24, 2.45) is 7.05 Å².